The van der Waals surface area contributed by atoms with Crippen LogP contribution in [-0.2, 0) is 16.1 Å². The minimum atomic E-state index is -0.196. The van der Waals surface area contributed by atoms with Crippen molar-refractivity contribution in [3.8, 4) is 5.75 Å². The van der Waals surface area contributed by atoms with Crippen molar-refractivity contribution in [3.63, 3.8) is 0 Å². The Morgan fingerprint density at radius 2 is 2.00 bits per heavy atom. The van der Waals surface area contributed by atoms with E-state index >= 15 is 0 Å². The highest BCUT2D eigenvalue weighted by Crippen LogP contribution is 2.24. The number of nitrogens with one attached hydrogen (secondary N) is 1. The first-order chi connectivity index (χ1) is 9.83. The summed E-state index contributed by atoms with van der Waals surface area (Å²) in [5.74, 6) is 0.720. The number of hydrogen-bond acceptors (Lipinski definition) is 4. The van der Waals surface area contributed by atoms with Crippen molar-refractivity contribution in [2.24, 2.45) is 0 Å². The monoisotopic (exact) mass is 293 g/mol. The lowest BCUT2D eigenvalue weighted by atomic mass is 10.1. The zero-order valence-electron chi connectivity index (χ0n) is 13.8. The van der Waals surface area contributed by atoms with Crippen LogP contribution in [0.25, 0.3) is 0 Å². The summed E-state index contributed by atoms with van der Waals surface area (Å²) in [6.07, 6.45) is 1.05. The topological polar surface area (TPSA) is 47.6 Å². The first kappa shape index (κ1) is 17.5. The van der Waals surface area contributed by atoms with Crippen LogP contribution in [0, 0.1) is 6.92 Å². The molecule has 0 atom stereocenters. The average Bonchev–Trinajstić information content (AvgIpc) is 2.41. The second kappa shape index (κ2) is 8.03. The van der Waals surface area contributed by atoms with E-state index in [1.807, 2.05) is 19.1 Å². The van der Waals surface area contributed by atoms with E-state index in [1.165, 1.54) is 7.11 Å². The van der Waals surface area contributed by atoms with Crippen LogP contribution in [-0.4, -0.2) is 25.2 Å². The van der Waals surface area contributed by atoms with E-state index in [4.69, 9.17) is 4.74 Å². The number of esters is 1. The van der Waals surface area contributed by atoms with Gasteiger partial charge in [0.05, 0.1) is 13.7 Å². The second-order valence-corrected chi connectivity index (χ2v) is 6.19. The number of rotatable bonds is 7. The highest BCUT2D eigenvalue weighted by molar-refractivity contribution is 5.69. The fourth-order valence-electron chi connectivity index (χ4n) is 1.91. The van der Waals surface area contributed by atoms with Crippen molar-refractivity contribution in [3.05, 3.63) is 29.3 Å². The van der Waals surface area contributed by atoms with Crippen LogP contribution in [0.2, 0.25) is 0 Å². The Kier molecular flexibility index (Phi) is 6.69. The van der Waals surface area contributed by atoms with Gasteiger partial charge in [-0.05, 0) is 39.7 Å². The summed E-state index contributed by atoms with van der Waals surface area (Å²) >= 11 is 0. The lowest BCUT2D eigenvalue weighted by molar-refractivity contribution is -0.140. The molecular formula is C17H27NO3. The number of carbonyl (C=O) groups excluding carboxylic acids is 1. The Bertz CT molecular complexity index is 464. The summed E-state index contributed by atoms with van der Waals surface area (Å²) in [6.45, 7) is 9.73. The summed E-state index contributed by atoms with van der Waals surface area (Å²) in [5, 5.41) is 3.47. The number of carbonyl (C=O) groups is 1. The van der Waals surface area contributed by atoms with Crippen molar-refractivity contribution in [1.82, 2.24) is 5.32 Å². The number of ether oxygens (including phenoxy) is 2. The highest BCUT2D eigenvalue weighted by atomic mass is 16.5. The molecule has 1 aromatic carbocycles. The molecule has 1 N–H and O–H groups in total. The third-order valence-corrected chi connectivity index (χ3v) is 3.10. The van der Waals surface area contributed by atoms with Gasteiger partial charge in [-0.2, -0.15) is 0 Å². The van der Waals surface area contributed by atoms with Crippen LogP contribution in [0.1, 0.15) is 44.7 Å². The smallest absolute Gasteiger partial charge is 0.305 e. The van der Waals surface area contributed by atoms with Crippen LogP contribution in [0.15, 0.2) is 18.2 Å². The minimum Gasteiger partial charge on any atom is -0.493 e. The fourth-order valence-corrected chi connectivity index (χ4v) is 1.91. The standard InChI is InChI=1S/C17H27NO3/c1-13-8-6-9-14(12-18-17(2,3)4)16(13)21-11-7-10-15(19)20-5/h6,8-9,18H,7,10-12H2,1-5H3. The highest BCUT2D eigenvalue weighted by Gasteiger charge is 2.12. The summed E-state index contributed by atoms with van der Waals surface area (Å²) in [5.41, 5.74) is 2.32. The zero-order chi connectivity index (χ0) is 15.9. The number of para-hydroxylation sites is 1. The SMILES string of the molecule is COC(=O)CCCOc1c(C)cccc1CNC(C)(C)C. The molecule has 0 bridgehead atoms. The number of methoxy groups -OCH3 is 1. The molecule has 0 aliphatic rings. The van der Waals surface area contributed by atoms with Gasteiger partial charge in [0.25, 0.3) is 0 Å². The third kappa shape index (κ3) is 6.63. The molecule has 0 heterocycles. The number of aryl methyl sites for hydroxylation is 1. The third-order valence-electron chi connectivity index (χ3n) is 3.10. The summed E-state index contributed by atoms with van der Waals surface area (Å²) in [4.78, 5) is 11.1. The zero-order valence-corrected chi connectivity index (χ0v) is 13.8. The predicted molar refractivity (Wildman–Crippen MR) is 84.5 cm³/mol. The van der Waals surface area contributed by atoms with Crippen molar-refractivity contribution < 1.29 is 14.3 Å². The molecule has 118 valence electrons. The van der Waals surface area contributed by atoms with Gasteiger partial charge >= 0.3 is 5.97 Å². The summed E-state index contributed by atoms with van der Waals surface area (Å²) in [6, 6.07) is 6.15. The molecule has 0 radical (unpaired) electrons. The maximum absolute atomic E-state index is 11.1. The molecule has 0 saturated carbocycles. The Morgan fingerprint density at radius 1 is 1.29 bits per heavy atom. The molecule has 0 saturated heterocycles. The molecular weight excluding hydrogens is 266 g/mol. The lowest BCUT2D eigenvalue weighted by Gasteiger charge is -2.22. The van der Waals surface area contributed by atoms with Crippen LogP contribution in [0.3, 0.4) is 0 Å². The van der Waals surface area contributed by atoms with Gasteiger partial charge in [0.15, 0.2) is 0 Å². The van der Waals surface area contributed by atoms with Crippen LogP contribution >= 0.6 is 0 Å². The maximum Gasteiger partial charge on any atom is 0.305 e. The van der Waals surface area contributed by atoms with Crippen LogP contribution < -0.4 is 10.1 Å². The predicted octanol–water partition coefficient (Wildman–Crippen LogP) is 3.22. The maximum atomic E-state index is 11.1. The van der Waals surface area contributed by atoms with E-state index in [2.05, 4.69) is 36.9 Å². The van der Waals surface area contributed by atoms with Gasteiger partial charge in [-0.15, -0.1) is 0 Å². The minimum absolute atomic E-state index is 0.0614. The van der Waals surface area contributed by atoms with Gasteiger partial charge in [-0.1, -0.05) is 18.2 Å². The molecule has 0 aliphatic carbocycles. The van der Waals surface area contributed by atoms with Gasteiger partial charge in [0.2, 0.25) is 0 Å². The fraction of sp³-hybridized carbons (Fsp3) is 0.588. The van der Waals surface area contributed by atoms with Gasteiger partial charge < -0.3 is 14.8 Å². The Morgan fingerprint density at radius 3 is 2.62 bits per heavy atom. The second-order valence-electron chi connectivity index (χ2n) is 6.19. The van der Waals surface area contributed by atoms with Crippen molar-refractivity contribution in [2.75, 3.05) is 13.7 Å². The summed E-state index contributed by atoms with van der Waals surface area (Å²) in [7, 11) is 1.40. The molecule has 0 aliphatic heterocycles. The average molecular weight is 293 g/mol. The normalized spacial score (nSPS) is 11.3. The van der Waals surface area contributed by atoms with E-state index < -0.39 is 0 Å². The van der Waals surface area contributed by atoms with E-state index in [9.17, 15) is 4.79 Å². The summed E-state index contributed by atoms with van der Waals surface area (Å²) < 4.78 is 10.5. The molecule has 0 spiro atoms. The van der Waals surface area contributed by atoms with Crippen molar-refractivity contribution >= 4 is 5.97 Å². The molecule has 0 fully saturated rings. The number of hydrogen-bond donors (Lipinski definition) is 1. The van der Waals surface area contributed by atoms with Gasteiger partial charge in [-0.25, -0.2) is 0 Å². The van der Waals surface area contributed by atoms with E-state index in [-0.39, 0.29) is 11.5 Å². The molecule has 21 heavy (non-hydrogen) atoms. The van der Waals surface area contributed by atoms with Crippen LogP contribution in [0.5, 0.6) is 5.75 Å². The van der Waals surface area contributed by atoms with Gasteiger partial charge in [-0.3, -0.25) is 4.79 Å². The lowest BCUT2D eigenvalue weighted by Crippen LogP contribution is -2.35. The molecule has 4 nitrogen and oxygen atoms in total. The Hall–Kier alpha value is -1.55. The van der Waals surface area contributed by atoms with E-state index in [0.29, 0.717) is 19.4 Å². The molecule has 1 rings (SSSR count). The molecule has 0 unspecified atom stereocenters. The van der Waals surface area contributed by atoms with Crippen LogP contribution in [0.4, 0.5) is 0 Å². The van der Waals surface area contributed by atoms with Gasteiger partial charge in [0.1, 0.15) is 5.75 Å². The molecule has 4 heteroatoms. The largest absolute Gasteiger partial charge is 0.493 e. The number of benzene rings is 1. The Labute approximate surface area is 127 Å². The first-order valence-electron chi connectivity index (χ1n) is 7.36. The first-order valence-corrected chi connectivity index (χ1v) is 7.36. The quantitative estimate of drug-likeness (QED) is 0.619. The molecule has 0 aromatic heterocycles. The van der Waals surface area contributed by atoms with E-state index in [0.717, 1.165) is 23.4 Å². The van der Waals surface area contributed by atoms with Gasteiger partial charge in [0, 0.05) is 24.1 Å². The molecule has 1 aromatic rings. The van der Waals surface area contributed by atoms with Crippen molar-refractivity contribution in [2.45, 2.75) is 52.6 Å². The Balaban J connectivity index is 2.61. The van der Waals surface area contributed by atoms with E-state index in [1.54, 1.807) is 0 Å². The molecule has 0 amide bonds. The van der Waals surface area contributed by atoms with Crippen molar-refractivity contribution in [1.29, 1.82) is 0 Å².